The molecule has 4 heteroatoms. The van der Waals surface area contributed by atoms with Crippen LogP contribution in [0.15, 0.2) is 41.2 Å². The maximum Gasteiger partial charge on any atom is 0.254 e. The largest absolute Gasteiger partial charge is 0.496 e. The molecular weight excluding hydrogens is 264 g/mol. The Balaban J connectivity index is 2.34. The van der Waals surface area contributed by atoms with Gasteiger partial charge in [0.15, 0.2) is 0 Å². The lowest BCUT2D eigenvalue weighted by molar-refractivity contribution is 0.420. The van der Waals surface area contributed by atoms with E-state index in [1.54, 1.807) is 14.0 Å². The standard InChI is InChI=1S/C17H16N2O2/c1-10-11(2)18-16(19-17(10)20)14-8-9-15(21-3)13-7-5-4-6-12(13)14/h4-9H,1-3H3,(H,18,19,20). The van der Waals surface area contributed by atoms with Crippen LogP contribution in [0.2, 0.25) is 0 Å². The zero-order valence-electron chi connectivity index (χ0n) is 12.2. The van der Waals surface area contributed by atoms with Crippen LogP contribution in [0.1, 0.15) is 11.3 Å². The number of rotatable bonds is 2. The van der Waals surface area contributed by atoms with Crippen LogP contribution in [0.4, 0.5) is 0 Å². The van der Waals surface area contributed by atoms with Gasteiger partial charge in [-0.25, -0.2) is 4.98 Å². The molecule has 1 N–H and O–H groups in total. The molecule has 0 atom stereocenters. The second-order valence-corrected chi connectivity index (χ2v) is 4.99. The Bertz CT molecular complexity index is 882. The van der Waals surface area contributed by atoms with Crippen molar-refractivity contribution in [3.05, 3.63) is 58.0 Å². The van der Waals surface area contributed by atoms with E-state index < -0.39 is 0 Å². The van der Waals surface area contributed by atoms with E-state index in [0.717, 1.165) is 27.8 Å². The fourth-order valence-electron chi connectivity index (χ4n) is 2.43. The number of fused-ring (bicyclic) bond motifs is 1. The highest BCUT2D eigenvalue weighted by atomic mass is 16.5. The van der Waals surface area contributed by atoms with Gasteiger partial charge in [0.25, 0.3) is 5.56 Å². The summed E-state index contributed by atoms with van der Waals surface area (Å²) in [7, 11) is 1.65. The normalized spacial score (nSPS) is 10.8. The van der Waals surface area contributed by atoms with E-state index in [2.05, 4.69) is 9.97 Å². The predicted molar refractivity (Wildman–Crippen MR) is 83.8 cm³/mol. The van der Waals surface area contributed by atoms with E-state index in [9.17, 15) is 4.79 Å². The Morgan fingerprint density at radius 1 is 1.05 bits per heavy atom. The molecule has 21 heavy (non-hydrogen) atoms. The molecule has 4 nitrogen and oxygen atoms in total. The average molecular weight is 280 g/mol. The number of nitrogens with one attached hydrogen (secondary N) is 1. The van der Waals surface area contributed by atoms with Crippen molar-refractivity contribution in [1.82, 2.24) is 9.97 Å². The number of ether oxygens (including phenoxy) is 1. The molecular formula is C17H16N2O2. The number of hydrogen-bond acceptors (Lipinski definition) is 3. The summed E-state index contributed by atoms with van der Waals surface area (Å²) in [4.78, 5) is 19.3. The average Bonchev–Trinajstić information content (AvgIpc) is 2.51. The van der Waals surface area contributed by atoms with Crippen LogP contribution >= 0.6 is 0 Å². The van der Waals surface area contributed by atoms with Crippen molar-refractivity contribution in [2.24, 2.45) is 0 Å². The smallest absolute Gasteiger partial charge is 0.254 e. The number of H-pyrrole nitrogens is 1. The van der Waals surface area contributed by atoms with Gasteiger partial charge in [0, 0.05) is 22.2 Å². The second-order valence-electron chi connectivity index (χ2n) is 4.99. The third kappa shape index (κ3) is 2.18. The number of aromatic nitrogens is 2. The molecule has 1 heterocycles. The molecule has 2 aromatic carbocycles. The molecule has 0 unspecified atom stereocenters. The summed E-state index contributed by atoms with van der Waals surface area (Å²) in [5, 5.41) is 2.00. The maximum absolute atomic E-state index is 12.0. The van der Waals surface area contributed by atoms with Crippen LogP contribution in [0.5, 0.6) is 5.75 Å². The molecule has 0 spiro atoms. The zero-order chi connectivity index (χ0) is 15.0. The topological polar surface area (TPSA) is 55.0 Å². The SMILES string of the molecule is COc1ccc(-c2nc(C)c(C)c(=O)[nH]2)c2ccccc12. The van der Waals surface area contributed by atoms with Crippen LogP contribution < -0.4 is 10.3 Å². The molecule has 0 saturated carbocycles. The van der Waals surface area contributed by atoms with E-state index in [1.165, 1.54) is 0 Å². The van der Waals surface area contributed by atoms with Gasteiger partial charge in [0.1, 0.15) is 11.6 Å². The van der Waals surface area contributed by atoms with Gasteiger partial charge in [0.05, 0.1) is 7.11 Å². The summed E-state index contributed by atoms with van der Waals surface area (Å²) < 4.78 is 5.39. The van der Waals surface area contributed by atoms with E-state index in [-0.39, 0.29) is 5.56 Å². The van der Waals surface area contributed by atoms with Gasteiger partial charge in [0.2, 0.25) is 0 Å². The number of aromatic amines is 1. The first-order valence-corrected chi connectivity index (χ1v) is 6.75. The first-order valence-electron chi connectivity index (χ1n) is 6.75. The van der Waals surface area contributed by atoms with E-state index >= 15 is 0 Å². The Labute approximate surface area is 122 Å². The lowest BCUT2D eigenvalue weighted by atomic mass is 10.0. The maximum atomic E-state index is 12.0. The third-order valence-electron chi connectivity index (χ3n) is 3.75. The van der Waals surface area contributed by atoms with E-state index in [0.29, 0.717) is 11.4 Å². The molecule has 0 aliphatic carbocycles. The van der Waals surface area contributed by atoms with Gasteiger partial charge in [-0.1, -0.05) is 24.3 Å². The van der Waals surface area contributed by atoms with Gasteiger partial charge in [-0.05, 0) is 31.4 Å². The highest BCUT2D eigenvalue weighted by Gasteiger charge is 2.11. The van der Waals surface area contributed by atoms with E-state index in [1.807, 2.05) is 43.3 Å². The quantitative estimate of drug-likeness (QED) is 0.784. The van der Waals surface area contributed by atoms with E-state index in [4.69, 9.17) is 4.74 Å². The van der Waals surface area contributed by atoms with Crippen LogP contribution in [-0.4, -0.2) is 17.1 Å². The van der Waals surface area contributed by atoms with Crippen molar-refractivity contribution in [3.8, 4) is 17.1 Å². The number of aryl methyl sites for hydroxylation is 1. The number of hydrogen-bond donors (Lipinski definition) is 1. The fourth-order valence-corrected chi connectivity index (χ4v) is 2.43. The Morgan fingerprint density at radius 3 is 2.43 bits per heavy atom. The molecule has 0 radical (unpaired) electrons. The second kappa shape index (κ2) is 5.05. The van der Waals surface area contributed by atoms with Crippen molar-refractivity contribution >= 4 is 10.8 Å². The Hall–Kier alpha value is -2.62. The molecule has 0 amide bonds. The minimum absolute atomic E-state index is 0.0996. The van der Waals surface area contributed by atoms with Crippen LogP contribution in [0, 0.1) is 13.8 Å². The highest BCUT2D eigenvalue weighted by Crippen LogP contribution is 2.32. The zero-order valence-corrected chi connectivity index (χ0v) is 12.2. The van der Waals surface area contributed by atoms with Crippen molar-refractivity contribution in [1.29, 1.82) is 0 Å². The lowest BCUT2D eigenvalue weighted by Crippen LogP contribution is -2.14. The van der Waals surface area contributed by atoms with Gasteiger partial charge in [-0.2, -0.15) is 0 Å². The molecule has 0 bridgehead atoms. The summed E-state index contributed by atoms with van der Waals surface area (Å²) in [6.45, 7) is 3.62. The van der Waals surface area contributed by atoms with Crippen LogP contribution in [0.25, 0.3) is 22.2 Å². The summed E-state index contributed by atoms with van der Waals surface area (Å²) in [6.07, 6.45) is 0. The monoisotopic (exact) mass is 280 g/mol. The first-order chi connectivity index (χ1) is 10.1. The molecule has 3 aromatic rings. The summed E-state index contributed by atoms with van der Waals surface area (Å²) in [5.41, 5.74) is 2.19. The van der Waals surface area contributed by atoms with Crippen molar-refractivity contribution in [3.63, 3.8) is 0 Å². The minimum atomic E-state index is -0.0996. The van der Waals surface area contributed by atoms with Gasteiger partial charge in [-0.15, -0.1) is 0 Å². The molecule has 106 valence electrons. The minimum Gasteiger partial charge on any atom is -0.496 e. The fraction of sp³-hybridized carbons (Fsp3) is 0.176. The van der Waals surface area contributed by atoms with Crippen LogP contribution in [0.3, 0.4) is 0 Å². The summed E-state index contributed by atoms with van der Waals surface area (Å²) in [5.74, 6) is 1.39. The van der Waals surface area contributed by atoms with Crippen LogP contribution in [-0.2, 0) is 0 Å². The number of benzene rings is 2. The van der Waals surface area contributed by atoms with Crippen molar-refractivity contribution in [2.75, 3.05) is 7.11 Å². The van der Waals surface area contributed by atoms with Crippen molar-refractivity contribution in [2.45, 2.75) is 13.8 Å². The molecule has 0 aliphatic rings. The first kappa shape index (κ1) is 13.4. The highest BCUT2D eigenvalue weighted by molar-refractivity contribution is 5.98. The molecule has 0 fully saturated rings. The van der Waals surface area contributed by atoms with Crippen molar-refractivity contribution < 1.29 is 4.74 Å². The molecule has 3 rings (SSSR count). The van der Waals surface area contributed by atoms with Gasteiger partial charge in [-0.3, -0.25) is 4.79 Å². The molecule has 1 aromatic heterocycles. The molecule has 0 saturated heterocycles. The Kier molecular flexibility index (Phi) is 3.22. The Morgan fingerprint density at radius 2 is 1.76 bits per heavy atom. The lowest BCUT2D eigenvalue weighted by Gasteiger charge is -2.11. The summed E-state index contributed by atoms with van der Waals surface area (Å²) in [6, 6.07) is 11.7. The predicted octanol–water partition coefficient (Wildman–Crippen LogP) is 3.22. The third-order valence-corrected chi connectivity index (χ3v) is 3.75. The van der Waals surface area contributed by atoms with Gasteiger partial charge < -0.3 is 9.72 Å². The number of methoxy groups -OCH3 is 1. The van der Waals surface area contributed by atoms with Gasteiger partial charge >= 0.3 is 0 Å². The summed E-state index contributed by atoms with van der Waals surface area (Å²) >= 11 is 0. The number of nitrogens with zero attached hydrogens (tertiary/aromatic N) is 1. The molecule has 0 aliphatic heterocycles.